The molecule has 9 rings (SSSR count). The number of carboxylic acid groups (broad SMARTS) is 1. The number of carbonyl (C=O) groups is 2. The molecule has 0 aliphatic heterocycles. The van der Waals surface area contributed by atoms with Crippen LogP contribution in [0.3, 0.4) is 0 Å². The second kappa shape index (κ2) is 11.5. The molecule has 12 nitrogen and oxygen atoms in total. The lowest BCUT2D eigenvalue weighted by atomic mass is 9.40. The van der Waals surface area contributed by atoms with Gasteiger partial charge in [0.2, 0.25) is 5.78 Å². The number of pyridine rings is 1. The van der Waals surface area contributed by atoms with E-state index in [9.17, 15) is 19.8 Å². The minimum absolute atomic E-state index is 0.0197. The minimum atomic E-state index is -1.24. The fourth-order valence-electron chi connectivity index (χ4n) is 11.5. The Labute approximate surface area is 304 Å². The van der Waals surface area contributed by atoms with Crippen molar-refractivity contribution in [2.45, 2.75) is 71.9 Å². The maximum atomic E-state index is 13.6. The standard InChI is InChI=1S/C39H41N7O5S/c1-21-13-28(44-45-33(21)43-35-42-26-7-5-6-8-29(26)52-35)31(48)27-10-9-23(30(41-27)34(49)50)24-15-40-46(22(24)2)20-38-17-37(4)16-36(3)18-39(19-38,51-12-11-47)14-25(36)32(37)38/h5-10,13,15,25,32,47H,11-12,14,16-20H2,1-4H3,(H,49,50)(H,42,43,45). The first-order valence-electron chi connectivity index (χ1n) is 17.9. The predicted octanol–water partition coefficient (Wildman–Crippen LogP) is 6.62. The summed E-state index contributed by atoms with van der Waals surface area (Å²) in [6, 6.07) is 12.6. The lowest BCUT2D eigenvalue weighted by Crippen LogP contribution is -2.62. The Balaban J connectivity index is 0.972. The van der Waals surface area contributed by atoms with Gasteiger partial charge < -0.3 is 20.3 Å². The van der Waals surface area contributed by atoms with E-state index in [0.717, 1.165) is 48.1 Å². The summed E-state index contributed by atoms with van der Waals surface area (Å²) in [5.74, 6) is -0.125. The quantitative estimate of drug-likeness (QED) is 0.126. The Morgan fingerprint density at radius 1 is 1.00 bits per heavy atom. The van der Waals surface area contributed by atoms with Gasteiger partial charge in [-0.15, -0.1) is 10.2 Å². The van der Waals surface area contributed by atoms with Crippen molar-refractivity contribution in [3.05, 3.63) is 77.0 Å². The number of aliphatic hydroxyl groups excluding tert-OH is 1. The van der Waals surface area contributed by atoms with Gasteiger partial charge in [-0.2, -0.15) is 5.10 Å². The number of thiazole rings is 1. The number of fused-ring (bicyclic) bond motifs is 2. The molecular formula is C39H41N7O5S. The number of aryl methyl sites for hydroxylation is 1. The second-order valence-electron chi connectivity index (χ2n) is 16.3. The fraction of sp³-hybridized carbons (Fsp3) is 0.462. The highest BCUT2D eigenvalue weighted by atomic mass is 32.1. The summed E-state index contributed by atoms with van der Waals surface area (Å²) in [7, 11) is 0. The Morgan fingerprint density at radius 3 is 2.60 bits per heavy atom. The largest absolute Gasteiger partial charge is 0.476 e. The Kier molecular flexibility index (Phi) is 7.33. The number of carboxylic acids is 1. The number of benzene rings is 1. The maximum Gasteiger partial charge on any atom is 0.355 e. The highest BCUT2D eigenvalue weighted by molar-refractivity contribution is 7.22. The first-order valence-corrected chi connectivity index (χ1v) is 18.7. The SMILES string of the molecule is Cc1cc(C(=O)c2ccc(-c3cnn(CC45CC6(OCCO)CC7C4C(C)(CC7(C)C6)C5)c3C)c(C(=O)O)n2)nnc1Nc1nc2ccccc2s1. The molecule has 6 unspecified atom stereocenters. The number of nitrogens with zero attached hydrogens (tertiary/aromatic N) is 6. The van der Waals surface area contributed by atoms with Crippen molar-refractivity contribution in [3.8, 4) is 11.1 Å². The van der Waals surface area contributed by atoms with Gasteiger partial charge in [-0.3, -0.25) is 9.48 Å². The summed E-state index contributed by atoms with van der Waals surface area (Å²) in [5, 5.41) is 37.0. The van der Waals surface area contributed by atoms with Crippen LogP contribution in [-0.2, 0) is 11.3 Å². The molecule has 0 spiro atoms. The Bertz CT molecular complexity index is 2270. The third-order valence-corrected chi connectivity index (χ3v) is 13.6. The van der Waals surface area contributed by atoms with E-state index in [4.69, 9.17) is 9.84 Å². The summed E-state index contributed by atoms with van der Waals surface area (Å²) < 4.78 is 9.55. The van der Waals surface area contributed by atoms with Gasteiger partial charge in [-0.1, -0.05) is 37.3 Å². The summed E-state index contributed by atoms with van der Waals surface area (Å²) >= 11 is 1.49. The number of rotatable bonds is 11. The van der Waals surface area contributed by atoms with Crippen molar-refractivity contribution in [1.29, 1.82) is 0 Å². The summed E-state index contributed by atoms with van der Waals surface area (Å²) in [6.07, 6.45) is 7.08. The molecule has 4 aromatic heterocycles. The molecule has 0 saturated heterocycles. The number of ketones is 1. The zero-order valence-electron chi connectivity index (χ0n) is 29.6. The van der Waals surface area contributed by atoms with Crippen LogP contribution < -0.4 is 5.32 Å². The van der Waals surface area contributed by atoms with Crippen LogP contribution in [0.15, 0.2) is 48.7 Å². The van der Waals surface area contributed by atoms with Gasteiger partial charge in [0, 0.05) is 23.4 Å². The first-order chi connectivity index (χ1) is 24.8. The van der Waals surface area contributed by atoms with Crippen LogP contribution in [0.25, 0.3) is 21.3 Å². The van der Waals surface area contributed by atoms with Crippen molar-refractivity contribution in [2.24, 2.45) is 28.1 Å². The number of aliphatic hydroxyl groups is 1. The molecule has 6 atom stereocenters. The Morgan fingerprint density at radius 2 is 1.83 bits per heavy atom. The molecule has 4 aliphatic carbocycles. The topological polar surface area (TPSA) is 165 Å². The molecule has 4 fully saturated rings. The molecule has 52 heavy (non-hydrogen) atoms. The van der Waals surface area contributed by atoms with Crippen LogP contribution in [0, 0.1) is 41.9 Å². The zero-order chi connectivity index (χ0) is 36.2. The lowest BCUT2D eigenvalue weighted by Gasteiger charge is -2.66. The second-order valence-corrected chi connectivity index (χ2v) is 17.4. The van der Waals surface area contributed by atoms with Gasteiger partial charge in [-0.05, 0) is 110 Å². The minimum Gasteiger partial charge on any atom is -0.476 e. The third-order valence-electron chi connectivity index (χ3n) is 12.7. The molecule has 4 aliphatic rings. The monoisotopic (exact) mass is 719 g/mol. The van der Waals surface area contributed by atoms with Crippen molar-refractivity contribution >= 4 is 44.3 Å². The molecule has 0 radical (unpaired) electrons. The van der Waals surface area contributed by atoms with E-state index in [0.29, 0.717) is 51.5 Å². The predicted molar refractivity (Wildman–Crippen MR) is 195 cm³/mol. The summed E-state index contributed by atoms with van der Waals surface area (Å²) in [5.41, 5.74) is 3.66. The zero-order valence-corrected chi connectivity index (χ0v) is 30.5. The molecule has 3 N–H and O–H groups in total. The third kappa shape index (κ3) is 4.96. The smallest absolute Gasteiger partial charge is 0.355 e. The van der Waals surface area contributed by atoms with Crippen LogP contribution in [-0.4, -0.2) is 70.7 Å². The normalized spacial score (nSPS) is 29.7. The van der Waals surface area contributed by atoms with Gasteiger partial charge >= 0.3 is 5.97 Å². The highest BCUT2D eigenvalue weighted by Crippen LogP contribution is 2.83. The molecule has 4 saturated carbocycles. The van der Waals surface area contributed by atoms with E-state index >= 15 is 0 Å². The van der Waals surface area contributed by atoms with E-state index < -0.39 is 11.8 Å². The van der Waals surface area contributed by atoms with Gasteiger partial charge in [0.15, 0.2) is 16.6 Å². The molecule has 13 heteroatoms. The number of hydrogen-bond acceptors (Lipinski definition) is 11. The van der Waals surface area contributed by atoms with E-state index in [1.807, 2.05) is 42.8 Å². The van der Waals surface area contributed by atoms with Crippen molar-refractivity contribution in [2.75, 3.05) is 18.5 Å². The Hall–Kier alpha value is -4.59. The number of anilines is 2. The van der Waals surface area contributed by atoms with E-state index in [1.165, 1.54) is 17.8 Å². The molecular weight excluding hydrogens is 679 g/mol. The van der Waals surface area contributed by atoms with Gasteiger partial charge in [-0.25, -0.2) is 14.8 Å². The van der Waals surface area contributed by atoms with E-state index in [-0.39, 0.29) is 40.1 Å². The maximum absolute atomic E-state index is 13.6. The van der Waals surface area contributed by atoms with Crippen molar-refractivity contribution < 1.29 is 24.5 Å². The fourth-order valence-corrected chi connectivity index (χ4v) is 12.4. The number of aromatic nitrogens is 6. The molecule has 5 aromatic rings. The average Bonchev–Trinajstić information content (AvgIpc) is 3.79. The number of nitrogens with one attached hydrogen (secondary N) is 1. The van der Waals surface area contributed by atoms with E-state index in [1.54, 1.807) is 24.4 Å². The lowest BCUT2D eigenvalue weighted by molar-refractivity contribution is -0.213. The van der Waals surface area contributed by atoms with E-state index in [2.05, 4.69) is 39.3 Å². The first kappa shape index (κ1) is 33.3. The van der Waals surface area contributed by atoms with Crippen LogP contribution in [0.4, 0.5) is 10.9 Å². The van der Waals surface area contributed by atoms with Gasteiger partial charge in [0.25, 0.3) is 0 Å². The molecule has 1 aromatic carbocycles. The number of carbonyl (C=O) groups excluding carboxylic acids is 1. The van der Waals surface area contributed by atoms with Crippen LogP contribution in [0.5, 0.6) is 0 Å². The van der Waals surface area contributed by atoms with Crippen LogP contribution in [0.2, 0.25) is 0 Å². The van der Waals surface area contributed by atoms with Crippen LogP contribution >= 0.6 is 11.3 Å². The summed E-state index contributed by atoms with van der Waals surface area (Å²) in [6.45, 7) is 9.79. The number of para-hydroxylation sites is 1. The summed E-state index contributed by atoms with van der Waals surface area (Å²) in [4.78, 5) is 35.1. The molecule has 0 amide bonds. The molecule has 268 valence electrons. The van der Waals surface area contributed by atoms with Gasteiger partial charge in [0.1, 0.15) is 11.4 Å². The van der Waals surface area contributed by atoms with Crippen LogP contribution in [0.1, 0.15) is 83.9 Å². The van der Waals surface area contributed by atoms with Crippen molar-refractivity contribution in [1.82, 2.24) is 29.9 Å². The molecule has 4 heterocycles. The number of aromatic carboxylic acids is 1. The molecule has 2 bridgehead atoms. The number of ether oxygens (including phenoxy) is 1. The van der Waals surface area contributed by atoms with Crippen molar-refractivity contribution in [3.63, 3.8) is 0 Å². The van der Waals surface area contributed by atoms with Gasteiger partial charge in [0.05, 0.1) is 35.2 Å². The average molecular weight is 720 g/mol. The number of hydrogen-bond donors (Lipinski definition) is 3. The highest BCUT2D eigenvalue weighted by Gasteiger charge is 2.79.